The number of anilines is 1. The fourth-order valence-electron chi connectivity index (χ4n) is 1.69. The molecule has 96 valence electrons. The van der Waals surface area contributed by atoms with E-state index in [1.54, 1.807) is 11.3 Å². The average molecular weight is 261 g/mol. The lowest BCUT2D eigenvalue weighted by atomic mass is 10.3. The zero-order valence-electron chi connectivity index (χ0n) is 10.6. The summed E-state index contributed by atoms with van der Waals surface area (Å²) in [5.74, 6) is 0. The van der Waals surface area contributed by atoms with Crippen molar-refractivity contribution in [3.63, 3.8) is 0 Å². The zero-order valence-corrected chi connectivity index (χ0v) is 11.5. The quantitative estimate of drug-likeness (QED) is 0.752. The van der Waals surface area contributed by atoms with Gasteiger partial charge in [0.15, 0.2) is 0 Å². The standard InChI is InChI=1S/C14H19N3S/c1-12-11-18-14(17-12)7-8-15-9-10-16-13-5-3-2-4-6-13/h2-6,11,15-16H,7-10H2,1H3. The highest BCUT2D eigenvalue weighted by atomic mass is 32.1. The van der Waals surface area contributed by atoms with Crippen molar-refractivity contribution in [2.45, 2.75) is 13.3 Å². The summed E-state index contributed by atoms with van der Waals surface area (Å²) in [4.78, 5) is 4.44. The van der Waals surface area contributed by atoms with E-state index < -0.39 is 0 Å². The van der Waals surface area contributed by atoms with Gasteiger partial charge in [0.1, 0.15) is 0 Å². The molecule has 0 aliphatic rings. The molecule has 0 radical (unpaired) electrons. The highest BCUT2D eigenvalue weighted by molar-refractivity contribution is 7.09. The van der Waals surface area contributed by atoms with Gasteiger partial charge >= 0.3 is 0 Å². The van der Waals surface area contributed by atoms with Crippen LogP contribution in [0.15, 0.2) is 35.7 Å². The van der Waals surface area contributed by atoms with Gasteiger partial charge in [-0.25, -0.2) is 4.98 Å². The van der Waals surface area contributed by atoms with E-state index in [2.05, 4.69) is 33.1 Å². The Hall–Kier alpha value is -1.39. The van der Waals surface area contributed by atoms with E-state index in [1.807, 2.05) is 25.1 Å². The SMILES string of the molecule is Cc1csc(CCNCCNc2ccccc2)n1. The van der Waals surface area contributed by atoms with E-state index in [4.69, 9.17) is 0 Å². The van der Waals surface area contributed by atoms with Crippen molar-refractivity contribution >= 4 is 17.0 Å². The first-order valence-electron chi connectivity index (χ1n) is 6.25. The molecule has 1 aromatic carbocycles. The van der Waals surface area contributed by atoms with E-state index in [1.165, 1.54) is 10.7 Å². The number of rotatable bonds is 7. The van der Waals surface area contributed by atoms with Gasteiger partial charge in [-0.15, -0.1) is 11.3 Å². The predicted octanol–water partition coefficient (Wildman–Crippen LogP) is 2.70. The molecule has 0 fully saturated rings. The largest absolute Gasteiger partial charge is 0.384 e. The molecular formula is C14H19N3S. The van der Waals surface area contributed by atoms with Gasteiger partial charge in [0.05, 0.1) is 5.01 Å². The molecule has 1 heterocycles. The first-order chi connectivity index (χ1) is 8.84. The Labute approximate surface area is 112 Å². The maximum Gasteiger partial charge on any atom is 0.0940 e. The lowest BCUT2D eigenvalue weighted by Gasteiger charge is -2.06. The van der Waals surface area contributed by atoms with Gasteiger partial charge in [0, 0.05) is 42.8 Å². The Balaban J connectivity index is 1.54. The first-order valence-corrected chi connectivity index (χ1v) is 7.13. The van der Waals surface area contributed by atoms with Crippen LogP contribution in [0.25, 0.3) is 0 Å². The summed E-state index contributed by atoms with van der Waals surface area (Å²) >= 11 is 1.74. The van der Waals surface area contributed by atoms with Crippen LogP contribution in [0.1, 0.15) is 10.7 Å². The van der Waals surface area contributed by atoms with Gasteiger partial charge in [-0.2, -0.15) is 0 Å². The molecular weight excluding hydrogens is 242 g/mol. The summed E-state index contributed by atoms with van der Waals surface area (Å²) in [5.41, 5.74) is 2.30. The second-order valence-electron chi connectivity index (χ2n) is 4.18. The molecule has 2 aromatic rings. The Morgan fingerprint density at radius 2 is 1.94 bits per heavy atom. The summed E-state index contributed by atoms with van der Waals surface area (Å²) in [6, 6.07) is 10.3. The Kier molecular flexibility index (Phi) is 5.17. The minimum absolute atomic E-state index is 0.945. The highest BCUT2D eigenvalue weighted by Gasteiger charge is 1.97. The Bertz CT molecular complexity index is 453. The fourth-order valence-corrected chi connectivity index (χ4v) is 2.46. The van der Waals surface area contributed by atoms with Crippen LogP contribution in [-0.4, -0.2) is 24.6 Å². The van der Waals surface area contributed by atoms with Crippen molar-refractivity contribution in [2.75, 3.05) is 25.0 Å². The third-order valence-electron chi connectivity index (χ3n) is 2.59. The molecule has 0 unspecified atom stereocenters. The molecule has 0 saturated heterocycles. The number of nitrogens with one attached hydrogen (secondary N) is 2. The zero-order chi connectivity index (χ0) is 12.6. The molecule has 0 spiro atoms. The lowest BCUT2D eigenvalue weighted by molar-refractivity contribution is 0.697. The van der Waals surface area contributed by atoms with Gasteiger partial charge in [-0.05, 0) is 19.1 Å². The van der Waals surface area contributed by atoms with Crippen LogP contribution in [-0.2, 0) is 6.42 Å². The fraction of sp³-hybridized carbons (Fsp3) is 0.357. The molecule has 0 atom stereocenters. The number of thiazole rings is 1. The Morgan fingerprint density at radius 3 is 2.67 bits per heavy atom. The monoisotopic (exact) mass is 261 g/mol. The number of aromatic nitrogens is 1. The van der Waals surface area contributed by atoms with Crippen molar-refractivity contribution in [1.82, 2.24) is 10.3 Å². The molecule has 4 heteroatoms. The van der Waals surface area contributed by atoms with Gasteiger partial charge in [0.25, 0.3) is 0 Å². The minimum Gasteiger partial charge on any atom is -0.384 e. The number of benzene rings is 1. The van der Waals surface area contributed by atoms with Crippen molar-refractivity contribution < 1.29 is 0 Å². The molecule has 2 N–H and O–H groups in total. The molecule has 0 aliphatic carbocycles. The normalized spacial score (nSPS) is 10.5. The van der Waals surface area contributed by atoms with Crippen LogP contribution in [0.3, 0.4) is 0 Å². The number of aryl methyl sites for hydroxylation is 1. The second kappa shape index (κ2) is 7.13. The van der Waals surface area contributed by atoms with E-state index in [9.17, 15) is 0 Å². The Morgan fingerprint density at radius 1 is 1.11 bits per heavy atom. The van der Waals surface area contributed by atoms with Crippen LogP contribution in [0.5, 0.6) is 0 Å². The summed E-state index contributed by atoms with van der Waals surface area (Å²) in [5, 5.41) is 10.1. The maximum absolute atomic E-state index is 4.44. The van der Waals surface area contributed by atoms with Crippen LogP contribution >= 0.6 is 11.3 Å². The van der Waals surface area contributed by atoms with Gasteiger partial charge in [0.2, 0.25) is 0 Å². The van der Waals surface area contributed by atoms with Crippen LogP contribution < -0.4 is 10.6 Å². The summed E-state index contributed by atoms with van der Waals surface area (Å²) in [6.45, 7) is 4.95. The predicted molar refractivity (Wildman–Crippen MR) is 78.4 cm³/mol. The molecule has 2 rings (SSSR count). The summed E-state index contributed by atoms with van der Waals surface area (Å²) in [6.07, 6.45) is 1.02. The summed E-state index contributed by atoms with van der Waals surface area (Å²) in [7, 11) is 0. The third-order valence-corrected chi connectivity index (χ3v) is 3.61. The van der Waals surface area contributed by atoms with Crippen molar-refractivity contribution in [2.24, 2.45) is 0 Å². The third kappa shape index (κ3) is 4.47. The lowest BCUT2D eigenvalue weighted by Crippen LogP contribution is -2.24. The molecule has 0 aliphatic heterocycles. The van der Waals surface area contributed by atoms with Crippen molar-refractivity contribution in [3.05, 3.63) is 46.4 Å². The highest BCUT2D eigenvalue weighted by Crippen LogP contribution is 2.08. The van der Waals surface area contributed by atoms with Gasteiger partial charge < -0.3 is 10.6 Å². The van der Waals surface area contributed by atoms with Gasteiger partial charge in [-0.3, -0.25) is 0 Å². The molecule has 18 heavy (non-hydrogen) atoms. The summed E-state index contributed by atoms with van der Waals surface area (Å²) < 4.78 is 0. The molecule has 0 amide bonds. The van der Waals surface area contributed by atoms with E-state index in [0.717, 1.165) is 31.7 Å². The minimum atomic E-state index is 0.945. The van der Waals surface area contributed by atoms with Crippen LogP contribution in [0.4, 0.5) is 5.69 Å². The molecule has 0 bridgehead atoms. The second-order valence-corrected chi connectivity index (χ2v) is 5.12. The van der Waals surface area contributed by atoms with Crippen LogP contribution in [0, 0.1) is 6.92 Å². The number of hydrogen-bond donors (Lipinski definition) is 2. The molecule has 3 nitrogen and oxygen atoms in total. The van der Waals surface area contributed by atoms with E-state index >= 15 is 0 Å². The molecule has 1 aromatic heterocycles. The first kappa shape index (κ1) is 13.1. The smallest absolute Gasteiger partial charge is 0.0940 e. The maximum atomic E-state index is 4.44. The molecule has 0 saturated carbocycles. The number of para-hydroxylation sites is 1. The van der Waals surface area contributed by atoms with Crippen LogP contribution in [0.2, 0.25) is 0 Å². The van der Waals surface area contributed by atoms with Crippen molar-refractivity contribution in [3.8, 4) is 0 Å². The average Bonchev–Trinajstić information content (AvgIpc) is 2.81. The van der Waals surface area contributed by atoms with E-state index in [0.29, 0.717) is 0 Å². The topological polar surface area (TPSA) is 37.0 Å². The van der Waals surface area contributed by atoms with Crippen molar-refractivity contribution in [1.29, 1.82) is 0 Å². The van der Waals surface area contributed by atoms with Gasteiger partial charge in [-0.1, -0.05) is 18.2 Å². The number of hydrogen-bond acceptors (Lipinski definition) is 4. The van der Waals surface area contributed by atoms with E-state index in [-0.39, 0.29) is 0 Å². The number of nitrogens with zero attached hydrogens (tertiary/aromatic N) is 1.